The minimum absolute atomic E-state index is 0.0663. The molecule has 2 aromatic heterocycles. The summed E-state index contributed by atoms with van der Waals surface area (Å²) in [6.07, 6.45) is 0.715. The Kier molecular flexibility index (Phi) is 5.71. The number of carbonyl (C=O) groups excluding carboxylic acids is 1. The summed E-state index contributed by atoms with van der Waals surface area (Å²) < 4.78 is 3.30. The molecule has 2 heterocycles. The number of aromatic nitrogens is 3. The first kappa shape index (κ1) is 20.6. The van der Waals surface area contributed by atoms with Gasteiger partial charge in [0.05, 0.1) is 11.4 Å². The van der Waals surface area contributed by atoms with E-state index in [2.05, 4.69) is 5.32 Å². The highest BCUT2D eigenvalue weighted by molar-refractivity contribution is 5.85. The van der Waals surface area contributed by atoms with E-state index >= 15 is 0 Å². The van der Waals surface area contributed by atoms with Crippen LogP contribution in [0.25, 0.3) is 16.7 Å². The van der Waals surface area contributed by atoms with Crippen molar-refractivity contribution in [3.63, 3.8) is 0 Å². The van der Waals surface area contributed by atoms with Gasteiger partial charge < -0.3 is 5.32 Å². The maximum atomic E-state index is 13.0. The molecular formula is C25H26N4O2. The van der Waals surface area contributed by atoms with Crippen molar-refractivity contribution in [1.82, 2.24) is 19.7 Å². The van der Waals surface area contributed by atoms with Crippen LogP contribution in [-0.4, -0.2) is 20.3 Å². The number of rotatable bonds is 6. The van der Waals surface area contributed by atoms with Gasteiger partial charge in [-0.1, -0.05) is 55.0 Å². The molecule has 4 aromatic rings. The number of nitrogens with one attached hydrogen (secondary N) is 1. The molecule has 0 spiro atoms. The number of pyridine rings is 1. The van der Waals surface area contributed by atoms with E-state index in [4.69, 9.17) is 5.10 Å². The van der Waals surface area contributed by atoms with Crippen LogP contribution in [0.5, 0.6) is 0 Å². The van der Waals surface area contributed by atoms with Gasteiger partial charge in [-0.05, 0) is 43.5 Å². The average molecular weight is 415 g/mol. The number of hydrogen-bond acceptors (Lipinski definition) is 3. The number of nitrogens with zero attached hydrogens (tertiary/aromatic N) is 3. The largest absolute Gasteiger partial charge is 0.350 e. The lowest BCUT2D eigenvalue weighted by Crippen LogP contribution is -2.33. The van der Waals surface area contributed by atoms with Crippen LogP contribution >= 0.6 is 0 Å². The average Bonchev–Trinajstić information content (AvgIpc) is 3.12. The summed E-state index contributed by atoms with van der Waals surface area (Å²) in [5.74, 6) is -0.217. The number of benzene rings is 2. The van der Waals surface area contributed by atoms with E-state index in [9.17, 15) is 9.59 Å². The Balaban J connectivity index is 1.77. The monoisotopic (exact) mass is 414 g/mol. The molecule has 0 bridgehead atoms. The highest BCUT2D eigenvalue weighted by Crippen LogP contribution is 2.24. The van der Waals surface area contributed by atoms with Crippen LogP contribution in [0, 0.1) is 13.8 Å². The molecule has 0 atom stereocenters. The minimum Gasteiger partial charge on any atom is -0.350 e. The van der Waals surface area contributed by atoms with Crippen LogP contribution in [0.1, 0.15) is 29.3 Å². The molecule has 0 unspecified atom stereocenters. The van der Waals surface area contributed by atoms with Crippen molar-refractivity contribution in [3.8, 4) is 5.69 Å². The molecule has 0 aliphatic rings. The molecule has 1 amide bonds. The minimum atomic E-state index is -0.217. The highest BCUT2D eigenvalue weighted by atomic mass is 16.2. The van der Waals surface area contributed by atoms with Crippen molar-refractivity contribution in [2.24, 2.45) is 0 Å². The molecule has 0 saturated heterocycles. The topological polar surface area (TPSA) is 68.9 Å². The SMILES string of the molecule is CCc1cc(=O)n(CC(=O)NCc2ccccc2)c2c1c(C)nn2-c1ccc(C)cc1. The third-order valence-corrected chi connectivity index (χ3v) is 5.47. The van der Waals surface area contributed by atoms with Crippen molar-refractivity contribution < 1.29 is 4.79 Å². The van der Waals surface area contributed by atoms with Gasteiger partial charge in [0, 0.05) is 18.0 Å². The summed E-state index contributed by atoms with van der Waals surface area (Å²) in [7, 11) is 0. The molecule has 0 fully saturated rings. The quantitative estimate of drug-likeness (QED) is 0.523. The lowest BCUT2D eigenvalue weighted by atomic mass is 10.1. The van der Waals surface area contributed by atoms with Crippen molar-refractivity contribution in [2.75, 3.05) is 0 Å². The number of aryl methyl sites for hydroxylation is 3. The van der Waals surface area contributed by atoms with Gasteiger partial charge in [0.25, 0.3) is 5.56 Å². The Labute approximate surface area is 181 Å². The van der Waals surface area contributed by atoms with Gasteiger partial charge in [0.1, 0.15) is 12.2 Å². The predicted molar refractivity (Wildman–Crippen MR) is 122 cm³/mol. The van der Waals surface area contributed by atoms with E-state index in [1.54, 1.807) is 10.7 Å². The second-order valence-corrected chi connectivity index (χ2v) is 7.74. The second-order valence-electron chi connectivity index (χ2n) is 7.74. The molecule has 158 valence electrons. The van der Waals surface area contributed by atoms with Gasteiger partial charge in [0.2, 0.25) is 5.91 Å². The zero-order valence-electron chi connectivity index (χ0n) is 18.1. The molecule has 2 aromatic carbocycles. The fourth-order valence-corrected chi connectivity index (χ4v) is 3.84. The molecule has 1 N–H and O–H groups in total. The first-order valence-corrected chi connectivity index (χ1v) is 10.5. The summed E-state index contributed by atoms with van der Waals surface area (Å²) in [5.41, 5.74) is 5.24. The van der Waals surface area contributed by atoms with Gasteiger partial charge in [-0.15, -0.1) is 0 Å². The maximum Gasteiger partial charge on any atom is 0.252 e. The second kappa shape index (κ2) is 8.60. The molecular weight excluding hydrogens is 388 g/mol. The zero-order valence-corrected chi connectivity index (χ0v) is 18.1. The normalized spacial score (nSPS) is 11.1. The Morgan fingerprint density at radius 1 is 1.03 bits per heavy atom. The van der Waals surface area contributed by atoms with Crippen molar-refractivity contribution in [1.29, 1.82) is 0 Å². The molecule has 0 aliphatic carbocycles. The maximum absolute atomic E-state index is 13.0. The van der Waals surface area contributed by atoms with Crippen molar-refractivity contribution >= 4 is 16.9 Å². The van der Waals surface area contributed by atoms with E-state index in [0.717, 1.165) is 33.5 Å². The standard InChI is InChI=1S/C25H26N4O2/c1-4-20-14-23(31)28(16-22(30)26-15-19-8-6-5-7-9-19)25-24(20)18(3)27-29(25)21-12-10-17(2)11-13-21/h5-14H,4,15-16H2,1-3H3,(H,26,30). The van der Waals surface area contributed by atoms with Crippen molar-refractivity contribution in [2.45, 2.75) is 40.3 Å². The van der Waals surface area contributed by atoms with Gasteiger partial charge in [0.15, 0.2) is 0 Å². The summed E-state index contributed by atoms with van der Waals surface area (Å²) in [4.78, 5) is 25.7. The summed E-state index contributed by atoms with van der Waals surface area (Å²) >= 11 is 0. The molecule has 0 saturated carbocycles. The Morgan fingerprint density at radius 2 is 1.74 bits per heavy atom. The Bertz CT molecular complexity index is 1290. The number of amides is 1. The number of fused-ring (bicyclic) bond motifs is 1. The van der Waals surface area contributed by atoms with Crippen LogP contribution in [0.3, 0.4) is 0 Å². The van der Waals surface area contributed by atoms with Gasteiger partial charge in [-0.3, -0.25) is 14.2 Å². The van der Waals surface area contributed by atoms with Crippen LogP contribution in [-0.2, 0) is 24.3 Å². The van der Waals surface area contributed by atoms with Crippen LogP contribution < -0.4 is 10.9 Å². The third kappa shape index (κ3) is 4.14. The van der Waals surface area contributed by atoms with Crippen LogP contribution in [0.2, 0.25) is 0 Å². The smallest absolute Gasteiger partial charge is 0.252 e. The zero-order chi connectivity index (χ0) is 22.0. The third-order valence-electron chi connectivity index (χ3n) is 5.47. The van der Waals surface area contributed by atoms with Gasteiger partial charge in [-0.25, -0.2) is 4.68 Å². The Hall–Kier alpha value is -3.67. The molecule has 0 radical (unpaired) electrons. The van der Waals surface area contributed by atoms with Crippen molar-refractivity contribution in [3.05, 3.63) is 93.4 Å². The molecule has 0 aliphatic heterocycles. The fraction of sp³-hybridized carbons (Fsp3) is 0.240. The summed E-state index contributed by atoms with van der Waals surface area (Å²) in [6.45, 7) is 6.34. The summed E-state index contributed by atoms with van der Waals surface area (Å²) in [6, 6.07) is 19.3. The van der Waals surface area contributed by atoms with E-state index in [-0.39, 0.29) is 18.0 Å². The molecule has 31 heavy (non-hydrogen) atoms. The van der Waals surface area contributed by atoms with E-state index in [1.807, 2.05) is 75.4 Å². The summed E-state index contributed by atoms with van der Waals surface area (Å²) in [5, 5.41) is 8.57. The fourth-order valence-electron chi connectivity index (χ4n) is 3.84. The first-order chi connectivity index (χ1) is 15.0. The number of carbonyl (C=O) groups is 1. The highest BCUT2D eigenvalue weighted by Gasteiger charge is 2.19. The van der Waals surface area contributed by atoms with Crippen LogP contribution in [0.15, 0.2) is 65.5 Å². The van der Waals surface area contributed by atoms with Crippen LogP contribution in [0.4, 0.5) is 0 Å². The lowest BCUT2D eigenvalue weighted by Gasteiger charge is -2.13. The molecule has 6 nitrogen and oxygen atoms in total. The Morgan fingerprint density at radius 3 is 2.42 bits per heavy atom. The van der Waals surface area contributed by atoms with E-state index < -0.39 is 0 Å². The lowest BCUT2D eigenvalue weighted by molar-refractivity contribution is -0.121. The van der Waals surface area contributed by atoms with Gasteiger partial charge in [-0.2, -0.15) is 5.10 Å². The number of hydrogen-bond donors (Lipinski definition) is 1. The van der Waals surface area contributed by atoms with Gasteiger partial charge >= 0.3 is 0 Å². The molecule has 4 rings (SSSR count). The van der Waals surface area contributed by atoms with E-state index in [0.29, 0.717) is 18.6 Å². The first-order valence-electron chi connectivity index (χ1n) is 10.5. The van der Waals surface area contributed by atoms with E-state index in [1.165, 1.54) is 4.57 Å². The predicted octanol–water partition coefficient (Wildman–Crippen LogP) is 3.68. The molecule has 6 heteroatoms.